The van der Waals surface area contributed by atoms with E-state index in [0.29, 0.717) is 5.92 Å². The van der Waals surface area contributed by atoms with Crippen molar-refractivity contribution in [1.29, 1.82) is 0 Å². The molecular weight excluding hydrogens is 264 g/mol. The quantitative estimate of drug-likeness (QED) is 0.875. The predicted octanol–water partition coefficient (Wildman–Crippen LogP) is 2.94. The number of furan rings is 1. The molecule has 1 N–H and O–H groups in total. The first-order chi connectivity index (χ1) is 9.88. The van der Waals surface area contributed by atoms with Crippen LogP contribution in [0.4, 0.5) is 0 Å². The summed E-state index contributed by atoms with van der Waals surface area (Å²) < 4.78 is 11.5. The van der Waals surface area contributed by atoms with Gasteiger partial charge in [0, 0.05) is 24.2 Å². The molecule has 2 heterocycles. The van der Waals surface area contributed by atoms with Crippen molar-refractivity contribution in [1.82, 2.24) is 10.2 Å². The molecule has 120 valence electrons. The Balaban J connectivity index is 1.95. The maximum atomic E-state index is 5.89. The summed E-state index contributed by atoms with van der Waals surface area (Å²) in [5, 5.41) is 3.43. The summed E-state index contributed by atoms with van der Waals surface area (Å²) in [5.74, 6) is 2.74. The van der Waals surface area contributed by atoms with Crippen molar-refractivity contribution in [2.75, 3.05) is 26.3 Å². The van der Waals surface area contributed by atoms with E-state index in [1.54, 1.807) is 0 Å². The molecule has 21 heavy (non-hydrogen) atoms. The van der Waals surface area contributed by atoms with Gasteiger partial charge in [0.2, 0.25) is 0 Å². The van der Waals surface area contributed by atoms with Gasteiger partial charge in [0.25, 0.3) is 0 Å². The van der Waals surface area contributed by atoms with E-state index in [1.165, 1.54) is 5.56 Å². The SMILES string of the molecule is Cc1oc(CNCC(C)C)cc1CN1CCOCC1(C)C. The van der Waals surface area contributed by atoms with Gasteiger partial charge in [-0.15, -0.1) is 0 Å². The summed E-state index contributed by atoms with van der Waals surface area (Å²) in [6.07, 6.45) is 0. The Hall–Kier alpha value is -0.840. The number of rotatable bonds is 6. The van der Waals surface area contributed by atoms with Crippen LogP contribution < -0.4 is 5.32 Å². The normalized spacial score (nSPS) is 19.3. The number of nitrogens with one attached hydrogen (secondary N) is 1. The first kappa shape index (κ1) is 16.5. The average molecular weight is 294 g/mol. The van der Waals surface area contributed by atoms with Gasteiger partial charge in [-0.1, -0.05) is 13.8 Å². The fourth-order valence-electron chi connectivity index (χ4n) is 2.71. The summed E-state index contributed by atoms with van der Waals surface area (Å²) >= 11 is 0. The van der Waals surface area contributed by atoms with Gasteiger partial charge in [0.1, 0.15) is 11.5 Å². The van der Waals surface area contributed by atoms with Gasteiger partial charge in [-0.2, -0.15) is 0 Å². The lowest BCUT2D eigenvalue weighted by atomic mass is 10.0. The number of hydrogen-bond acceptors (Lipinski definition) is 4. The highest BCUT2D eigenvalue weighted by atomic mass is 16.5. The van der Waals surface area contributed by atoms with Gasteiger partial charge in [0.05, 0.1) is 19.8 Å². The van der Waals surface area contributed by atoms with Crippen molar-refractivity contribution >= 4 is 0 Å². The second-order valence-corrected chi connectivity index (χ2v) is 7.11. The van der Waals surface area contributed by atoms with E-state index in [9.17, 15) is 0 Å². The van der Waals surface area contributed by atoms with Crippen molar-refractivity contribution in [3.05, 3.63) is 23.2 Å². The van der Waals surface area contributed by atoms with E-state index in [2.05, 4.69) is 50.9 Å². The second-order valence-electron chi connectivity index (χ2n) is 7.11. The minimum atomic E-state index is 0.0953. The number of hydrogen-bond donors (Lipinski definition) is 1. The van der Waals surface area contributed by atoms with Crippen LogP contribution in [-0.4, -0.2) is 36.7 Å². The highest BCUT2D eigenvalue weighted by molar-refractivity contribution is 5.21. The molecule has 0 bridgehead atoms. The smallest absolute Gasteiger partial charge is 0.118 e. The van der Waals surface area contributed by atoms with Gasteiger partial charge in [0.15, 0.2) is 0 Å². The molecule has 1 fully saturated rings. The Kier molecular flexibility index (Phi) is 5.47. The largest absolute Gasteiger partial charge is 0.465 e. The average Bonchev–Trinajstić information content (AvgIpc) is 2.72. The minimum Gasteiger partial charge on any atom is -0.465 e. The summed E-state index contributed by atoms with van der Waals surface area (Å²) in [6.45, 7) is 16.4. The standard InChI is InChI=1S/C17H30N2O2/c1-13(2)9-18-10-16-8-15(14(3)21-16)11-19-6-7-20-12-17(19,4)5/h8,13,18H,6-7,9-12H2,1-5H3. The lowest BCUT2D eigenvalue weighted by molar-refractivity contribution is -0.0554. The molecule has 0 amide bonds. The lowest BCUT2D eigenvalue weighted by Gasteiger charge is -2.42. The van der Waals surface area contributed by atoms with E-state index in [1.807, 2.05) is 0 Å². The van der Waals surface area contributed by atoms with E-state index in [-0.39, 0.29) is 5.54 Å². The van der Waals surface area contributed by atoms with Gasteiger partial charge >= 0.3 is 0 Å². The van der Waals surface area contributed by atoms with Gasteiger partial charge in [-0.3, -0.25) is 4.90 Å². The van der Waals surface area contributed by atoms with Gasteiger partial charge < -0.3 is 14.5 Å². The Morgan fingerprint density at radius 2 is 2.14 bits per heavy atom. The molecule has 0 radical (unpaired) electrons. The van der Waals surface area contributed by atoms with Crippen LogP contribution in [0.2, 0.25) is 0 Å². The molecule has 1 aliphatic heterocycles. The lowest BCUT2D eigenvalue weighted by Crippen LogP contribution is -2.52. The zero-order valence-corrected chi connectivity index (χ0v) is 14.2. The summed E-state index contributed by atoms with van der Waals surface area (Å²) in [5.41, 5.74) is 1.39. The van der Waals surface area contributed by atoms with Crippen molar-refractivity contribution < 1.29 is 9.15 Å². The van der Waals surface area contributed by atoms with E-state index in [0.717, 1.165) is 50.9 Å². The van der Waals surface area contributed by atoms with E-state index in [4.69, 9.17) is 9.15 Å². The van der Waals surface area contributed by atoms with Crippen LogP contribution in [0.1, 0.15) is 44.8 Å². The molecule has 4 heteroatoms. The number of nitrogens with zero attached hydrogens (tertiary/aromatic N) is 1. The van der Waals surface area contributed by atoms with Crippen LogP contribution in [0.5, 0.6) is 0 Å². The molecular formula is C17H30N2O2. The molecule has 0 aliphatic carbocycles. The summed E-state index contributed by atoms with van der Waals surface area (Å²) in [7, 11) is 0. The third-order valence-electron chi connectivity index (χ3n) is 4.10. The maximum Gasteiger partial charge on any atom is 0.118 e. The van der Waals surface area contributed by atoms with Crippen LogP contribution in [0.25, 0.3) is 0 Å². The third kappa shape index (κ3) is 4.56. The molecule has 1 aromatic rings. The molecule has 1 aromatic heterocycles. The number of morpholine rings is 1. The highest BCUT2D eigenvalue weighted by Gasteiger charge is 2.31. The summed E-state index contributed by atoms with van der Waals surface area (Å²) in [6, 6.07) is 2.20. The van der Waals surface area contributed by atoms with Crippen LogP contribution in [-0.2, 0) is 17.8 Å². The minimum absolute atomic E-state index is 0.0953. The highest BCUT2D eigenvalue weighted by Crippen LogP contribution is 2.24. The Labute approximate surface area is 128 Å². The Morgan fingerprint density at radius 3 is 2.81 bits per heavy atom. The van der Waals surface area contributed by atoms with Crippen molar-refractivity contribution in [2.45, 2.75) is 53.2 Å². The molecule has 0 saturated carbocycles. The summed E-state index contributed by atoms with van der Waals surface area (Å²) in [4.78, 5) is 2.49. The second kappa shape index (κ2) is 6.95. The fourth-order valence-corrected chi connectivity index (χ4v) is 2.71. The van der Waals surface area contributed by atoms with Crippen molar-refractivity contribution in [2.24, 2.45) is 5.92 Å². The van der Waals surface area contributed by atoms with Crippen molar-refractivity contribution in [3.8, 4) is 0 Å². The third-order valence-corrected chi connectivity index (χ3v) is 4.10. The molecule has 0 atom stereocenters. The first-order valence-corrected chi connectivity index (χ1v) is 8.00. The molecule has 4 nitrogen and oxygen atoms in total. The van der Waals surface area contributed by atoms with Gasteiger partial charge in [-0.25, -0.2) is 0 Å². The molecule has 0 unspecified atom stereocenters. The van der Waals surface area contributed by atoms with E-state index >= 15 is 0 Å². The predicted molar refractivity (Wildman–Crippen MR) is 85.3 cm³/mol. The zero-order valence-electron chi connectivity index (χ0n) is 14.2. The Morgan fingerprint density at radius 1 is 1.38 bits per heavy atom. The van der Waals surface area contributed by atoms with Crippen LogP contribution in [0.15, 0.2) is 10.5 Å². The maximum absolute atomic E-state index is 5.89. The van der Waals surface area contributed by atoms with Crippen molar-refractivity contribution in [3.63, 3.8) is 0 Å². The van der Waals surface area contributed by atoms with Crippen LogP contribution in [0.3, 0.4) is 0 Å². The number of aryl methyl sites for hydroxylation is 1. The Bertz CT molecular complexity index is 452. The van der Waals surface area contributed by atoms with Gasteiger partial charge in [-0.05, 0) is 39.3 Å². The molecule has 0 aromatic carbocycles. The molecule has 0 spiro atoms. The number of ether oxygens (including phenoxy) is 1. The van der Waals surface area contributed by atoms with E-state index < -0.39 is 0 Å². The monoisotopic (exact) mass is 294 g/mol. The molecule has 2 rings (SSSR count). The topological polar surface area (TPSA) is 37.6 Å². The van der Waals surface area contributed by atoms with Crippen LogP contribution in [0, 0.1) is 12.8 Å². The molecule has 1 aliphatic rings. The molecule has 1 saturated heterocycles. The zero-order chi connectivity index (χ0) is 15.5. The fraction of sp³-hybridized carbons (Fsp3) is 0.765. The first-order valence-electron chi connectivity index (χ1n) is 8.00. The van der Waals surface area contributed by atoms with Crippen LogP contribution >= 0.6 is 0 Å².